The van der Waals surface area contributed by atoms with E-state index in [0.717, 1.165) is 0 Å². The van der Waals surface area contributed by atoms with E-state index in [4.69, 9.17) is 4.74 Å². The molecule has 120 valence electrons. The molecule has 1 aliphatic rings. The lowest BCUT2D eigenvalue weighted by atomic mass is 10.1. The lowest BCUT2D eigenvalue weighted by Gasteiger charge is -2.19. The molecule has 6 heteroatoms. The Morgan fingerprint density at radius 1 is 1.30 bits per heavy atom. The molecular weight excluding hydrogens is 296 g/mol. The van der Waals surface area contributed by atoms with Crippen LogP contribution in [0.5, 0.6) is 0 Å². The number of alkyl carbamates (subject to hydrolysis) is 1. The van der Waals surface area contributed by atoms with Gasteiger partial charge in [0.2, 0.25) is 0 Å². The van der Waals surface area contributed by atoms with Crippen LogP contribution in [0, 0.1) is 11.8 Å². The van der Waals surface area contributed by atoms with E-state index in [1.165, 1.54) is 0 Å². The van der Waals surface area contributed by atoms with Gasteiger partial charge in [0, 0.05) is 18.5 Å². The summed E-state index contributed by atoms with van der Waals surface area (Å²) in [5.74, 6) is 4.69. The maximum Gasteiger partial charge on any atom is 0.407 e. The summed E-state index contributed by atoms with van der Waals surface area (Å²) in [4.78, 5) is 34.2. The summed E-state index contributed by atoms with van der Waals surface area (Å²) in [6, 6.07) is 4.93. The molecule has 23 heavy (non-hydrogen) atoms. The number of anilines is 1. The van der Waals surface area contributed by atoms with Gasteiger partial charge in [0.05, 0.1) is 11.3 Å². The summed E-state index contributed by atoms with van der Waals surface area (Å²) in [5.41, 5.74) is 1.02. The normalized spacial score (nSPS) is 12.8. The second-order valence-electron chi connectivity index (χ2n) is 6.02. The number of carbonyl (C=O) groups is 3. The van der Waals surface area contributed by atoms with Crippen LogP contribution in [-0.2, 0) is 9.53 Å². The molecule has 2 amide bonds. The van der Waals surface area contributed by atoms with Gasteiger partial charge in [0.1, 0.15) is 5.60 Å². The van der Waals surface area contributed by atoms with Crippen LogP contribution in [0.3, 0.4) is 0 Å². The summed E-state index contributed by atoms with van der Waals surface area (Å²) in [6.45, 7) is 5.76. The van der Waals surface area contributed by atoms with Crippen molar-refractivity contribution >= 4 is 23.5 Å². The molecule has 1 aromatic carbocycles. The first-order chi connectivity index (χ1) is 10.8. The van der Waals surface area contributed by atoms with Crippen LogP contribution in [0.2, 0.25) is 0 Å². The Morgan fingerprint density at radius 2 is 2.04 bits per heavy atom. The van der Waals surface area contributed by atoms with Gasteiger partial charge in [0.25, 0.3) is 11.7 Å². The molecule has 0 radical (unpaired) electrons. The van der Waals surface area contributed by atoms with Crippen LogP contribution in [-0.4, -0.2) is 29.9 Å². The highest BCUT2D eigenvalue weighted by Gasteiger charge is 2.27. The van der Waals surface area contributed by atoms with Crippen LogP contribution in [0.15, 0.2) is 18.2 Å². The predicted molar refractivity (Wildman–Crippen MR) is 85.1 cm³/mol. The van der Waals surface area contributed by atoms with E-state index in [1.54, 1.807) is 39.0 Å². The van der Waals surface area contributed by atoms with Gasteiger partial charge in [-0.1, -0.05) is 11.8 Å². The molecule has 0 aromatic heterocycles. The molecule has 0 saturated carbocycles. The number of ketones is 1. The zero-order chi connectivity index (χ0) is 17.0. The third-order valence-electron chi connectivity index (χ3n) is 2.87. The van der Waals surface area contributed by atoms with E-state index >= 15 is 0 Å². The molecule has 0 atom stereocenters. The minimum absolute atomic E-state index is 0.368. The van der Waals surface area contributed by atoms with Crippen molar-refractivity contribution in [2.45, 2.75) is 32.8 Å². The first-order valence-electron chi connectivity index (χ1n) is 7.22. The van der Waals surface area contributed by atoms with Crippen molar-refractivity contribution < 1.29 is 19.1 Å². The number of carbonyl (C=O) groups excluding carboxylic acids is 3. The van der Waals surface area contributed by atoms with Gasteiger partial charge in [-0.05, 0) is 39.0 Å². The second kappa shape index (κ2) is 6.53. The van der Waals surface area contributed by atoms with E-state index in [-0.39, 0.29) is 0 Å². The van der Waals surface area contributed by atoms with Crippen molar-refractivity contribution in [3.8, 4) is 11.8 Å². The Labute approximate surface area is 134 Å². The summed E-state index contributed by atoms with van der Waals surface area (Å²) in [6.07, 6.45) is -0.0141. The Balaban J connectivity index is 1.85. The van der Waals surface area contributed by atoms with Gasteiger partial charge in [-0.3, -0.25) is 9.59 Å². The molecule has 0 fully saturated rings. The SMILES string of the molecule is CC(C)(C)OC(=O)NCCC#Cc1ccc2c(c1)NC(=O)C2=O. The first kappa shape index (κ1) is 16.6. The van der Waals surface area contributed by atoms with E-state index in [2.05, 4.69) is 22.5 Å². The Hall–Kier alpha value is -2.81. The number of hydrogen-bond donors (Lipinski definition) is 2. The van der Waals surface area contributed by atoms with Crippen LogP contribution < -0.4 is 10.6 Å². The summed E-state index contributed by atoms with van der Waals surface area (Å²) in [5, 5.41) is 5.11. The van der Waals surface area contributed by atoms with Crippen LogP contribution in [0.1, 0.15) is 43.1 Å². The van der Waals surface area contributed by atoms with Gasteiger partial charge in [-0.25, -0.2) is 4.79 Å². The first-order valence-corrected chi connectivity index (χ1v) is 7.22. The number of nitrogens with one attached hydrogen (secondary N) is 2. The van der Waals surface area contributed by atoms with Crippen LogP contribution >= 0.6 is 0 Å². The molecule has 0 bridgehead atoms. The van der Waals surface area contributed by atoms with E-state index in [1.807, 2.05) is 0 Å². The smallest absolute Gasteiger partial charge is 0.407 e. The third-order valence-corrected chi connectivity index (χ3v) is 2.87. The molecule has 1 aliphatic heterocycles. The molecule has 0 saturated heterocycles. The summed E-state index contributed by atoms with van der Waals surface area (Å²) < 4.78 is 5.10. The van der Waals surface area contributed by atoms with Gasteiger partial charge >= 0.3 is 6.09 Å². The highest BCUT2D eigenvalue weighted by molar-refractivity contribution is 6.51. The lowest BCUT2D eigenvalue weighted by molar-refractivity contribution is -0.112. The molecule has 6 nitrogen and oxygen atoms in total. The fourth-order valence-electron chi connectivity index (χ4n) is 1.93. The fraction of sp³-hybridized carbons (Fsp3) is 0.353. The van der Waals surface area contributed by atoms with Crippen molar-refractivity contribution in [3.63, 3.8) is 0 Å². The highest BCUT2D eigenvalue weighted by atomic mass is 16.6. The number of benzene rings is 1. The molecule has 0 aliphatic carbocycles. The summed E-state index contributed by atoms with van der Waals surface area (Å²) >= 11 is 0. The molecule has 1 heterocycles. The number of rotatable bonds is 2. The predicted octanol–water partition coefficient (Wildman–Crippen LogP) is 2.09. The average molecular weight is 314 g/mol. The maximum atomic E-state index is 11.5. The Bertz CT molecular complexity index is 720. The minimum atomic E-state index is -0.619. The molecule has 2 N–H and O–H groups in total. The van der Waals surface area contributed by atoms with Gasteiger partial charge < -0.3 is 15.4 Å². The van der Waals surface area contributed by atoms with Crippen molar-refractivity contribution in [3.05, 3.63) is 29.3 Å². The van der Waals surface area contributed by atoms with Gasteiger partial charge in [0.15, 0.2) is 0 Å². The molecule has 0 unspecified atom stereocenters. The number of Topliss-reactive ketones (excluding diaryl/α,β-unsaturated/α-hetero) is 1. The van der Waals surface area contributed by atoms with E-state index < -0.39 is 23.4 Å². The average Bonchev–Trinajstić information content (AvgIpc) is 2.71. The topological polar surface area (TPSA) is 84.5 Å². The van der Waals surface area contributed by atoms with Gasteiger partial charge in [-0.2, -0.15) is 0 Å². The summed E-state index contributed by atoms with van der Waals surface area (Å²) in [7, 11) is 0. The van der Waals surface area contributed by atoms with Crippen molar-refractivity contribution in [1.29, 1.82) is 0 Å². The zero-order valence-corrected chi connectivity index (χ0v) is 13.3. The number of amides is 2. The Kier molecular flexibility index (Phi) is 4.70. The monoisotopic (exact) mass is 314 g/mol. The third kappa shape index (κ3) is 4.58. The number of hydrogen-bond acceptors (Lipinski definition) is 4. The molecular formula is C17H18N2O4. The van der Waals surface area contributed by atoms with E-state index in [0.29, 0.717) is 29.8 Å². The van der Waals surface area contributed by atoms with Crippen LogP contribution in [0.4, 0.5) is 10.5 Å². The standard InChI is InChI=1S/C17H18N2O4/c1-17(2,3)23-16(22)18-9-5-4-6-11-7-8-12-13(10-11)19-15(21)14(12)20/h7-8,10H,5,9H2,1-3H3,(H,18,22)(H,19,20,21). The largest absolute Gasteiger partial charge is 0.444 e. The van der Waals surface area contributed by atoms with Crippen LogP contribution in [0.25, 0.3) is 0 Å². The minimum Gasteiger partial charge on any atom is -0.444 e. The zero-order valence-electron chi connectivity index (χ0n) is 13.3. The highest BCUT2D eigenvalue weighted by Crippen LogP contribution is 2.23. The molecule has 0 spiro atoms. The van der Waals surface area contributed by atoms with E-state index in [9.17, 15) is 14.4 Å². The van der Waals surface area contributed by atoms with Crippen molar-refractivity contribution in [1.82, 2.24) is 5.32 Å². The van der Waals surface area contributed by atoms with Gasteiger partial charge in [-0.15, -0.1) is 0 Å². The van der Waals surface area contributed by atoms with Crippen molar-refractivity contribution in [2.75, 3.05) is 11.9 Å². The number of fused-ring (bicyclic) bond motifs is 1. The quantitative estimate of drug-likeness (QED) is 0.497. The second-order valence-corrected chi connectivity index (χ2v) is 6.02. The Morgan fingerprint density at radius 3 is 2.74 bits per heavy atom. The molecule has 1 aromatic rings. The fourth-order valence-corrected chi connectivity index (χ4v) is 1.93. The lowest BCUT2D eigenvalue weighted by Crippen LogP contribution is -2.32. The number of ether oxygens (including phenoxy) is 1. The maximum absolute atomic E-state index is 11.5. The molecule has 2 rings (SSSR count). The van der Waals surface area contributed by atoms with Crippen molar-refractivity contribution in [2.24, 2.45) is 0 Å².